The molecule has 1 heterocycles. The van der Waals surface area contributed by atoms with Crippen molar-refractivity contribution in [3.63, 3.8) is 0 Å². The molecule has 4 heteroatoms. The lowest BCUT2D eigenvalue weighted by Crippen LogP contribution is -2.47. The summed E-state index contributed by atoms with van der Waals surface area (Å²) < 4.78 is 5.49. The maximum atomic E-state index is 11.9. The predicted octanol–water partition coefficient (Wildman–Crippen LogP) is 1.47. The summed E-state index contributed by atoms with van der Waals surface area (Å²) in [4.78, 5) is 11.9. The number of aliphatic hydroxyl groups excluding tert-OH is 1. The number of ether oxygens (including phenoxy) is 1. The van der Waals surface area contributed by atoms with Crippen LogP contribution in [0.2, 0.25) is 0 Å². The first-order valence-electron chi connectivity index (χ1n) is 6.71. The number of unbranched alkanes of at least 4 members (excludes halogenated alkanes) is 1. The van der Waals surface area contributed by atoms with Crippen LogP contribution in [0, 0.1) is 5.92 Å². The summed E-state index contributed by atoms with van der Waals surface area (Å²) in [6, 6.07) is -0.242. The Kier molecular flexibility index (Phi) is 6.52. The van der Waals surface area contributed by atoms with Crippen LogP contribution in [0.5, 0.6) is 0 Å². The molecule has 2 N–H and O–H groups in total. The summed E-state index contributed by atoms with van der Waals surface area (Å²) >= 11 is 0. The fourth-order valence-corrected chi connectivity index (χ4v) is 2.14. The van der Waals surface area contributed by atoms with E-state index in [1.54, 1.807) is 0 Å². The maximum Gasteiger partial charge on any atom is 0.223 e. The smallest absolute Gasteiger partial charge is 0.223 e. The third kappa shape index (κ3) is 4.64. The minimum absolute atomic E-state index is 0.0117. The zero-order valence-corrected chi connectivity index (χ0v) is 10.9. The highest BCUT2D eigenvalue weighted by Crippen LogP contribution is 2.16. The van der Waals surface area contributed by atoms with E-state index in [1.807, 2.05) is 6.92 Å². The van der Waals surface area contributed by atoms with Crippen LogP contribution in [0.4, 0.5) is 0 Å². The van der Waals surface area contributed by atoms with Crippen LogP contribution in [0.25, 0.3) is 0 Å². The van der Waals surface area contributed by atoms with Crippen LogP contribution < -0.4 is 5.32 Å². The Morgan fingerprint density at radius 3 is 2.88 bits per heavy atom. The number of rotatable bonds is 7. The van der Waals surface area contributed by atoms with Gasteiger partial charge in [0.25, 0.3) is 0 Å². The lowest BCUT2D eigenvalue weighted by atomic mass is 10.0. The molecule has 3 atom stereocenters. The van der Waals surface area contributed by atoms with Gasteiger partial charge in [-0.15, -0.1) is 0 Å². The van der Waals surface area contributed by atoms with Gasteiger partial charge in [0.15, 0.2) is 0 Å². The van der Waals surface area contributed by atoms with E-state index in [0.717, 1.165) is 38.7 Å². The molecule has 0 aromatic rings. The Labute approximate surface area is 104 Å². The summed E-state index contributed by atoms with van der Waals surface area (Å²) in [5.41, 5.74) is 0. The van der Waals surface area contributed by atoms with Crippen LogP contribution in [0.3, 0.4) is 0 Å². The molecule has 0 aromatic carbocycles. The molecule has 4 nitrogen and oxygen atoms in total. The number of carbonyl (C=O) groups is 1. The number of nitrogens with one attached hydrogen (secondary N) is 1. The molecule has 1 aliphatic heterocycles. The van der Waals surface area contributed by atoms with E-state index in [1.165, 1.54) is 0 Å². The number of aliphatic hydroxyl groups is 1. The second kappa shape index (κ2) is 7.67. The summed E-state index contributed by atoms with van der Waals surface area (Å²) in [5, 5.41) is 12.2. The molecule has 0 saturated carbocycles. The molecule has 0 bridgehead atoms. The Morgan fingerprint density at radius 1 is 1.59 bits per heavy atom. The first-order valence-corrected chi connectivity index (χ1v) is 6.71. The summed E-state index contributed by atoms with van der Waals surface area (Å²) in [6.45, 7) is 4.75. The molecule has 17 heavy (non-hydrogen) atoms. The summed E-state index contributed by atoms with van der Waals surface area (Å²) in [5.74, 6) is 0.0541. The normalized spacial score (nSPS) is 23.4. The monoisotopic (exact) mass is 243 g/mol. The predicted molar refractivity (Wildman–Crippen MR) is 66.7 cm³/mol. The van der Waals surface area contributed by atoms with Crippen LogP contribution >= 0.6 is 0 Å². The maximum absolute atomic E-state index is 11.9. The Morgan fingerprint density at radius 2 is 2.35 bits per heavy atom. The van der Waals surface area contributed by atoms with Crippen LogP contribution in [0.15, 0.2) is 0 Å². The molecule has 0 aromatic heterocycles. The van der Waals surface area contributed by atoms with Gasteiger partial charge in [-0.2, -0.15) is 0 Å². The summed E-state index contributed by atoms with van der Waals surface area (Å²) in [7, 11) is 0. The first-order chi connectivity index (χ1) is 8.19. The molecule has 1 amide bonds. The highest BCUT2D eigenvalue weighted by Gasteiger charge is 2.27. The van der Waals surface area contributed by atoms with Gasteiger partial charge in [0.1, 0.15) is 0 Å². The largest absolute Gasteiger partial charge is 0.394 e. The van der Waals surface area contributed by atoms with Crippen LogP contribution in [0.1, 0.15) is 46.0 Å². The molecule has 0 aliphatic carbocycles. The molecule has 0 radical (unpaired) electrons. The van der Waals surface area contributed by atoms with E-state index in [4.69, 9.17) is 4.74 Å². The molecule has 1 fully saturated rings. The van der Waals surface area contributed by atoms with Crippen LogP contribution in [-0.4, -0.2) is 36.4 Å². The van der Waals surface area contributed by atoms with Crippen LogP contribution in [-0.2, 0) is 9.53 Å². The minimum atomic E-state index is -0.242. The molecule has 100 valence electrons. The van der Waals surface area contributed by atoms with Crippen molar-refractivity contribution in [1.29, 1.82) is 0 Å². The summed E-state index contributed by atoms with van der Waals surface area (Å²) in [6.07, 6.45) is 5.01. The third-order valence-corrected chi connectivity index (χ3v) is 3.38. The lowest BCUT2D eigenvalue weighted by Gasteiger charge is -2.23. The van der Waals surface area contributed by atoms with Gasteiger partial charge in [-0.25, -0.2) is 0 Å². The van der Waals surface area contributed by atoms with E-state index in [9.17, 15) is 9.90 Å². The van der Waals surface area contributed by atoms with Crippen molar-refractivity contribution < 1.29 is 14.6 Å². The van der Waals surface area contributed by atoms with E-state index in [-0.39, 0.29) is 30.6 Å². The van der Waals surface area contributed by atoms with Gasteiger partial charge in [0.05, 0.1) is 18.8 Å². The minimum Gasteiger partial charge on any atom is -0.394 e. The van der Waals surface area contributed by atoms with Crippen molar-refractivity contribution in [2.24, 2.45) is 5.92 Å². The molecule has 1 saturated heterocycles. The number of carbonyl (C=O) groups excluding carboxylic acids is 1. The quantitative estimate of drug-likeness (QED) is 0.712. The zero-order valence-electron chi connectivity index (χ0n) is 10.9. The fraction of sp³-hybridized carbons (Fsp3) is 0.923. The second-order valence-electron chi connectivity index (χ2n) is 4.89. The third-order valence-electron chi connectivity index (χ3n) is 3.38. The van der Waals surface area contributed by atoms with Gasteiger partial charge in [0.2, 0.25) is 5.91 Å². The number of amides is 1. The molecular weight excluding hydrogens is 218 g/mol. The molecule has 0 spiro atoms. The van der Waals surface area contributed by atoms with E-state index >= 15 is 0 Å². The van der Waals surface area contributed by atoms with Gasteiger partial charge in [0, 0.05) is 12.5 Å². The molecular formula is C13H25NO3. The van der Waals surface area contributed by atoms with Gasteiger partial charge >= 0.3 is 0 Å². The topological polar surface area (TPSA) is 58.6 Å². The molecule has 1 aliphatic rings. The molecule has 0 unspecified atom stereocenters. The van der Waals surface area contributed by atoms with Crippen molar-refractivity contribution in [2.45, 2.75) is 58.1 Å². The lowest BCUT2D eigenvalue weighted by molar-refractivity contribution is -0.126. The molecule has 1 rings (SSSR count). The number of hydrogen-bond donors (Lipinski definition) is 2. The van der Waals surface area contributed by atoms with Crippen molar-refractivity contribution >= 4 is 5.91 Å². The van der Waals surface area contributed by atoms with E-state index in [0.29, 0.717) is 0 Å². The van der Waals surface area contributed by atoms with Crippen molar-refractivity contribution in [3.8, 4) is 0 Å². The Bertz CT molecular complexity index is 227. The first kappa shape index (κ1) is 14.5. The van der Waals surface area contributed by atoms with E-state index < -0.39 is 0 Å². The number of hydrogen-bond acceptors (Lipinski definition) is 3. The average Bonchev–Trinajstić information content (AvgIpc) is 2.86. The highest BCUT2D eigenvalue weighted by molar-refractivity contribution is 5.78. The van der Waals surface area contributed by atoms with Gasteiger partial charge in [-0.05, 0) is 19.3 Å². The fourth-order valence-electron chi connectivity index (χ4n) is 2.14. The Hall–Kier alpha value is -0.610. The van der Waals surface area contributed by atoms with Crippen molar-refractivity contribution in [1.82, 2.24) is 5.32 Å². The zero-order chi connectivity index (χ0) is 12.7. The van der Waals surface area contributed by atoms with Gasteiger partial charge in [-0.1, -0.05) is 26.7 Å². The van der Waals surface area contributed by atoms with Crippen molar-refractivity contribution in [2.75, 3.05) is 13.2 Å². The Balaban J connectivity index is 2.35. The second-order valence-corrected chi connectivity index (χ2v) is 4.89. The van der Waals surface area contributed by atoms with Gasteiger partial charge < -0.3 is 15.2 Å². The SMILES string of the molecule is CCCC[C@H](C)C(=O)N[C@@H](CO)[C@@H]1CCCO1. The van der Waals surface area contributed by atoms with Crippen molar-refractivity contribution in [3.05, 3.63) is 0 Å². The highest BCUT2D eigenvalue weighted by atomic mass is 16.5. The average molecular weight is 243 g/mol. The van der Waals surface area contributed by atoms with E-state index in [2.05, 4.69) is 12.2 Å². The standard InChI is InChI=1S/C13H25NO3/c1-3-4-6-10(2)13(16)14-11(9-15)12-7-5-8-17-12/h10-12,15H,3-9H2,1-2H3,(H,14,16)/t10-,11-,12-/m0/s1. The van der Waals surface area contributed by atoms with Gasteiger partial charge in [-0.3, -0.25) is 4.79 Å².